The highest BCUT2D eigenvalue weighted by Gasteiger charge is 2.30. The van der Waals surface area contributed by atoms with E-state index in [2.05, 4.69) is 12.1 Å². The van der Waals surface area contributed by atoms with Gasteiger partial charge in [0.25, 0.3) is 0 Å². The minimum Gasteiger partial charge on any atom is -0.460 e. The molecule has 0 aliphatic carbocycles. The van der Waals surface area contributed by atoms with Gasteiger partial charge in [-0.1, -0.05) is 97.1 Å². The smallest absolute Gasteiger partial charge is 0.340 e. The number of carbonyl (C=O) groups excluding carboxylic acids is 2. The molecule has 0 radical (unpaired) electrons. The van der Waals surface area contributed by atoms with Gasteiger partial charge in [0.15, 0.2) is 12.2 Å². The molecule has 0 fully saturated rings. The van der Waals surface area contributed by atoms with Gasteiger partial charge in [-0.15, -0.1) is 0 Å². The van der Waals surface area contributed by atoms with Crippen LogP contribution in [0, 0.1) is 0 Å². The van der Waals surface area contributed by atoms with E-state index in [1.165, 1.54) is 14.2 Å². The van der Waals surface area contributed by atoms with Gasteiger partial charge in [-0.3, -0.25) is 0 Å². The lowest BCUT2D eigenvalue weighted by molar-refractivity contribution is -0.166. The molecular weight excluding hydrogens is 564 g/mol. The molecule has 228 valence electrons. The maximum atomic E-state index is 13.6. The molecule has 6 nitrogen and oxygen atoms in total. The zero-order chi connectivity index (χ0) is 31.5. The average molecular weight is 601 g/mol. The van der Waals surface area contributed by atoms with Gasteiger partial charge in [0.2, 0.25) is 0 Å². The predicted molar refractivity (Wildman–Crippen MR) is 178 cm³/mol. The van der Waals surface area contributed by atoms with Crippen molar-refractivity contribution in [2.45, 2.75) is 44.7 Å². The lowest BCUT2D eigenvalue weighted by atomic mass is 9.93. The van der Waals surface area contributed by atoms with E-state index in [4.69, 9.17) is 18.9 Å². The molecule has 0 N–H and O–H groups in total. The van der Waals surface area contributed by atoms with E-state index in [0.29, 0.717) is 6.42 Å². The maximum absolute atomic E-state index is 13.6. The second-order valence-electron chi connectivity index (χ2n) is 11.4. The molecule has 6 aromatic carbocycles. The highest BCUT2D eigenvalue weighted by molar-refractivity contribution is 6.06. The summed E-state index contributed by atoms with van der Waals surface area (Å²) in [6.45, 7) is 3.59. The van der Waals surface area contributed by atoms with Crippen LogP contribution in [0.3, 0.4) is 0 Å². The summed E-state index contributed by atoms with van der Waals surface area (Å²) >= 11 is 0. The molecule has 0 aliphatic heterocycles. The quantitative estimate of drug-likeness (QED) is 0.116. The summed E-state index contributed by atoms with van der Waals surface area (Å²) in [5, 5.41) is 7.79. The number of fused-ring (bicyclic) bond motifs is 4. The van der Waals surface area contributed by atoms with E-state index in [1.54, 1.807) is 13.8 Å². The molecule has 4 atom stereocenters. The summed E-state index contributed by atoms with van der Waals surface area (Å²) in [6.07, 6.45) is -2.65. The summed E-state index contributed by atoms with van der Waals surface area (Å²) in [7, 11) is 3.03. The van der Waals surface area contributed by atoms with Gasteiger partial charge >= 0.3 is 11.9 Å². The number of benzene rings is 6. The van der Waals surface area contributed by atoms with E-state index in [9.17, 15) is 9.59 Å². The number of carbonyl (C=O) groups is 2. The minimum absolute atomic E-state index is 0.302. The molecular formula is C39H36O6. The molecule has 0 saturated carbocycles. The van der Waals surface area contributed by atoms with Crippen LogP contribution in [0.25, 0.3) is 43.1 Å². The first kappa shape index (κ1) is 30.3. The van der Waals surface area contributed by atoms with Crippen molar-refractivity contribution in [1.82, 2.24) is 0 Å². The molecule has 6 aromatic rings. The first-order valence-corrected chi connectivity index (χ1v) is 15.2. The normalized spacial score (nSPS) is 14.3. The minimum atomic E-state index is -0.932. The average Bonchev–Trinajstić information content (AvgIpc) is 3.04. The van der Waals surface area contributed by atoms with Crippen molar-refractivity contribution in [2.24, 2.45) is 0 Å². The number of hydrogen-bond donors (Lipinski definition) is 0. The fourth-order valence-electron chi connectivity index (χ4n) is 6.41. The van der Waals surface area contributed by atoms with Gasteiger partial charge in [0, 0.05) is 31.8 Å². The Bertz CT molecular complexity index is 1760. The van der Waals surface area contributed by atoms with E-state index < -0.39 is 36.4 Å². The molecule has 0 bridgehead atoms. The second-order valence-corrected chi connectivity index (χ2v) is 11.4. The second kappa shape index (κ2) is 13.1. The summed E-state index contributed by atoms with van der Waals surface area (Å²) in [5.74, 6) is -0.996. The maximum Gasteiger partial charge on any atom is 0.340 e. The van der Waals surface area contributed by atoms with E-state index >= 15 is 0 Å². The third-order valence-electron chi connectivity index (χ3n) is 8.35. The van der Waals surface area contributed by atoms with Crippen LogP contribution in [0.15, 0.2) is 109 Å². The van der Waals surface area contributed by atoms with Gasteiger partial charge in [-0.2, -0.15) is 0 Å². The van der Waals surface area contributed by atoms with Crippen LogP contribution in [-0.4, -0.2) is 38.4 Å². The van der Waals surface area contributed by atoms with Crippen LogP contribution in [-0.2, 0) is 28.5 Å². The van der Waals surface area contributed by atoms with Crippen molar-refractivity contribution in [3.8, 4) is 0 Å². The van der Waals surface area contributed by atoms with Gasteiger partial charge in [0.1, 0.15) is 12.2 Å². The Hall–Kier alpha value is -4.78. The number of methoxy groups -OCH3 is 2. The summed E-state index contributed by atoms with van der Waals surface area (Å²) < 4.78 is 23.4. The number of rotatable bonds is 10. The van der Waals surface area contributed by atoms with Crippen molar-refractivity contribution in [2.75, 3.05) is 14.2 Å². The molecule has 0 saturated heterocycles. The Balaban J connectivity index is 1.19. The molecule has 0 unspecified atom stereocenters. The third-order valence-corrected chi connectivity index (χ3v) is 8.35. The fraction of sp³-hybridized carbons (Fsp3) is 0.231. The Morgan fingerprint density at radius 3 is 1.09 bits per heavy atom. The molecule has 0 aromatic heterocycles. The van der Waals surface area contributed by atoms with Crippen molar-refractivity contribution in [1.29, 1.82) is 0 Å². The monoisotopic (exact) mass is 600 g/mol. The fourth-order valence-corrected chi connectivity index (χ4v) is 6.41. The Morgan fingerprint density at radius 1 is 0.511 bits per heavy atom. The molecule has 0 amide bonds. The van der Waals surface area contributed by atoms with Crippen LogP contribution in [0.4, 0.5) is 0 Å². The lowest BCUT2D eigenvalue weighted by Gasteiger charge is -2.24. The van der Waals surface area contributed by atoms with Gasteiger partial charge < -0.3 is 18.9 Å². The summed E-state index contributed by atoms with van der Waals surface area (Å²) in [6, 6.07) is 36.0. The molecule has 0 heterocycles. The number of ether oxygens (including phenoxy) is 4. The molecule has 6 heteroatoms. The lowest BCUT2D eigenvalue weighted by Crippen LogP contribution is -2.28. The Kier molecular flexibility index (Phi) is 8.78. The Labute approximate surface area is 262 Å². The molecule has 45 heavy (non-hydrogen) atoms. The zero-order valence-corrected chi connectivity index (χ0v) is 25.9. The van der Waals surface area contributed by atoms with Crippen molar-refractivity contribution in [3.63, 3.8) is 0 Å². The summed E-state index contributed by atoms with van der Waals surface area (Å²) in [4.78, 5) is 27.2. The predicted octanol–water partition coefficient (Wildman–Crippen LogP) is 8.63. The van der Waals surface area contributed by atoms with Crippen LogP contribution in [0.5, 0.6) is 0 Å². The largest absolute Gasteiger partial charge is 0.460 e. The molecule has 6 rings (SSSR count). The van der Waals surface area contributed by atoms with Crippen LogP contribution in [0.1, 0.15) is 43.6 Å². The zero-order valence-electron chi connectivity index (χ0n) is 25.9. The molecule has 0 aliphatic rings. The van der Waals surface area contributed by atoms with Crippen LogP contribution < -0.4 is 0 Å². The van der Waals surface area contributed by atoms with Crippen molar-refractivity contribution in [3.05, 3.63) is 120 Å². The SMILES string of the molecule is CO[C@@H](C(=O)O[C@@H](C)C[C@H](C)OC(=O)[C@H](OC)c1c2ccccc2cc2ccccc12)c1c2ccccc2cc2ccccc12. The highest BCUT2D eigenvalue weighted by Crippen LogP contribution is 2.37. The standard InChI is InChI=1S/C39H36O6/c1-24(44-38(40)36(42-3)34-30-17-9-5-13-26(30)22-27-14-6-10-18-31(27)34)21-25(2)45-39(41)37(43-4)35-32-19-11-7-15-28(32)23-29-16-8-12-20-33(29)35/h5-20,22-25,36-37H,21H2,1-4H3/t24-,25-,36+,37+/m0/s1. The van der Waals surface area contributed by atoms with Gasteiger partial charge in [0.05, 0.1) is 0 Å². The van der Waals surface area contributed by atoms with E-state index in [0.717, 1.165) is 54.2 Å². The van der Waals surface area contributed by atoms with Gasteiger partial charge in [-0.05, 0) is 69.1 Å². The van der Waals surface area contributed by atoms with Crippen LogP contribution >= 0.6 is 0 Å². The van der Waals surface area contributed by atoms with Crippen LogP contribution in [0.2, 0.25) is 0 Å². The van der Waals surface area contributed by atoms with E-state index in [-0.39, 0.29) is 0 Å². The van der Waals surface area contributed by atoms with Crippen molar-refractivity contribution >= 4 is 55.0 Å². The van der Waals surface area contributed by atoms with Crippen molar-refractivity contribution < 1.29 is 28.5 Å². The summed E-state index contributed by atoms with van der Waals surface area (Å²) in [5.41, 5.74) is 1.54. The third kappa shape index (κ3) is 5.99. The van der Waals surface area contributed by atoms with E-state index in [1.807, 2.05) is 97.1 Å². The Morgan fingerprint density at radius 2 is 0.800 bits per heavy atom. The van der Waals surface area contributed by atoms with Gasteiger partial charge in [-0.25, -0.2) is 9.59 Å². The highest BCUT2D eigenvalue weighted by atomic mass is 16.6. The topological polar surface area (TPSA) is 71.1 Å². The number of esters is 2. The molecule has 0 spiro atoms. The number of hydrogen-bond acceptors (Lipinski definition) is 6. The first-order chi connectivity index (χ1) is 21.9. The first-order valence-electron chi connectivity index (χ1n) is 15.2.